The van der Waals surface area contributed by atoms with E-state index in [9.17, 15) is 14.4 Å². The van der Waals surface area contributed by atoms with Gasteiger partial charge < -0.3 is 16.2 Å². The van der Waals surface area contributed by atoms with Gasteiger partial charge in [0, 0.05) is 5.56 Å². The van der Waals surface area contributed by atoms with Crippen LogP contribution in [0.3, 0.4) is 0 Å². The molecule has 24 heavy (non-hydrogen) atoms. The number of aryl methyl sites for hydroxylation is 1. The third-order valence-corrected chi connectivity index (χ3v) is 4.09. The number of benzene rings is 1. The Hall–Kier alpha value is -2.81. The van der Waals surface area contributed by atoms with E-state index in [2.05, 4.69) is 15.3 Å². The number of thioether (sulfide) groups is 1. The number of rotatable bonds is 5. The van der Waals surface area contributed by atoms with E-state index in [1.807, 2.05) is 6.92 Å². The molecule has 1 atom stereocenters. The van der Waals surface area contributed by atoms with Gasteiger partial charge in [-0.1, -0.05) is 29.5 Å². The quantitative estimate of drug-likeness (QED) is 0.474. The summed E-state index contributed by atoms with van der Waals surface area (Å²) in [5, 5.41) is 10.6. The first-order valence-corrected chi connectivity index (χ1v) is 7.83. The van der Waals surface area contributed by atoms with E-state index in [-0.39, 0.29) is 16.7 Å². The maximum absolute atomic E-state index is 12.2. The zero-order valence-electron chi connectivity index (χ0n) is 13.0. The Morgan fingerprint density at radius 3 is 2.50 bits per heavy atom. The van der Waals surface area contributed by atoms with Crippen molar-refractivity contribution < 1.29 is 14.7 Å². The van der Waals surface area contributed by atoms with Gasteiger partial charge in [-0.25, -0.2) is 4.98 Å². The van der Waals surface area contributed by atoms with E-state index in [0.717, 1.165) is 17.3 Å². The highest BCUT2D eigenvalue weighted by Crippen LogP contribution is 2.21. The molecule has 1 heterocycles. The number of nitrogens with one attached hydrogen (secondary N) is 2. The fraction of sp³-hybridized carbons (Fsp3) is 0.200. The number of aromatic amines is 1. The first kappa shape index (κ1) is 17.5. The van der Waals surface area contributed by atoms with E-state index in [0.29, 0.717) is 5.56 Å². The number of anilines is 2. The first-order valence-electron chi connectivity index (χ1n) is 6.95. The lowest BCUT2D eigenvalue weighted by Crippen LogP contribution is -2.23. The molecule has 126 valence electrons. The number of aromatic nitrogens is 2. The average Bonchev–Trinajstić information content (AvgIpc) is 2.51. The Morgan fingerprint density at radius 1 is 1.33 bits per heavy atom. The molecule has 0 aliphatic carbocycles. The summed E-state index contributed by atoms with van der Waals surface area (Å²) in [6, 6.07) is 6.80. The maximum atomic E-state index is 12.2. The van der Waals surface area contributed by atoms with Gasteiger partial charge in [0.2, 0.25) is 0 Å². The second kappa shape index (κ2) is 7.18. The highest BCUT2D eigenvalue weighted by Gasteiger charge is 2.18. The number of carboxylic acids is 1. The number of nitrogens with two attached hydrogens (primary N) is 1. The summed E-state index contributed by atoms with van der Waals surface area (Å²) in [6.07, 6.45) is 0. The molecule has 0 saturated heterocycles. The van der Waals surface area contributed by atoms with Crippen LogP contribution < -0.4 is 16.6 Å². The molecule has 2 rings (SSSR count). The van der Waals surface area contributed by atoms with E-state index in [1.165, 1.54) is 6.92 Å². The van der Waals surface area contributed by atoms with Crippen molar-refractivity contribution in [1.82, 2.24) is 9.97 Å². The van der Waals surface area contributed by atoms with E-state index in [4.69, 9.17) is 10.8 Å². The van der Waals surface area contributed by atoms with Crippen LogP contribution in [0.5, 0.6) is 0 Å². The number of aliphatic carboxylic acids is 1. The molecule has 5 N–H and O–H groups in total. The van der Waals surface area contributed by atoms with Crippen molar-refractivity contribution in [2.45, 2.75) is 24.3 Å². The molecule has 0 aliphatic rings. The van der Waals surface area contributed by atoms with Crippen LogP contribution >= 0.6 is 11.8 Å². The predicted octanol–water partition coefficient (Wildman–Crippen LogP) is 1.48. The molecular weight excluding hydrogens is 332 g/mol. The van der Waals surface area contributed by atoms with Crippen LogP contribution in [0.15, 0.2) is 34.2 Å². The molecule has 8 nitrogen and oxygen atoms in total. The van der Waals surface area contributed by atoms with Gasteiger partial charge >= 0.3 is 5.97 Å². The molecule has 1 aromatic carbocycles. The summed E-state index contributed by atoms with van der Waals surface area (Å²) in [7, 11) is 0. The van der Waals surface area contributed by atoms with E-state index < -0.39 is 22.7 Å². The first-order chi connectivity index (χ1) is 11.3. The molecule has 0 bridgehead atoms. The topological polar surface area (TPSA) is 138 Å². The van der Waals surface area contributed by atoms with Gasteiger partial charge in [-0.3, -0.25) is 19.4 Å². The van der Waals surface area contributed by atoms with Crippen LogP contribution in [0, 0.1) is 6.92 Å². The minimum Gasteiger partial charge on any atom is -0.480 e. The lowest BCUT2D eigenvalue weighted by Gasteiger charge is -2.10. The minimum atomic E-state index is -1.04. The summed E-state index contributed by atoms with van der Waals surface area (Å²) >= 11 is 0.847. The summed E-state index contributed by atoms with van der Waals surface area (Å²) in [4.78, 5) is 41.4. The van der Waals surface area contributed by atoms with Gasteiger partial charge in [-0.15, -0.1) is 0 Å². The molecule has 9 heteroatoms. The van der Waals surface area contributed by atoms with Crippen LogP contribution in [0.25, 0.3) is 0 Å². The summed E-state index contributed by atoms with van der Waals surface area (Å²) in [5.41, 5.74) is 6.27. The van der Waals surface area contributed by atoms with Gasteiger partial charge in [0.25, 0.3) is 11.5 Å². The van der Waals surface area contributed by atoms with Crippen LogP contribution in [0.2, 0.25) is 0 Å². The molecular formula is C15H16N4O4S. The molecule has 2 aromatic rings. The maximum Gasteiger partial charge on any atom is 0.316 e. The van der Waals surface area contributed by atoms with Crippen molar-refractivity contribution in [3.8, 4) is 0 Å². The Kier molecular flexibility index (Phi) is 5.24. The van der Waals surface area contributed by atoms with E-state index in [1.54, 1.807) is 24.3 Å². The fourth-order valence-electron chi connectivity index (χ4n) is 1.75. The molecule has 1 aromatic heterocycles. The Bertz CT molecular complexity index is 832. The molecule has 0 unspecified atom stereocenters. The smallest absolute Gasteiger partial charge is 0.316 e. The molecule has 0 fully saturated rings. The Morgan fingerprint density at radius 2 is 1.96 bits per heavy atom. The summed E-state index contributed by atoms with van der Waals surface area (Å²) in [6.45, 7) is 3.35. The van der Waals surface area contributed by atoms with Gasteiger partial charge in [0.1, 0.15) is 10.9 Å². The number of H-pyrrole nitrogens is 1. The lowest BCUT2D eigenvalue weighted by atomic mass is 10.1. The summed E-state index contributed by atoms with van der Waals surface area (Å²) < 4.78 is 0. The molecule has 0 aliphatic heterocycles. The van der Waals surface area contributed by atoms with Gasteiger partial charge in [0.15, 0.2) is 11.0 Å². The number of carboxylic acid groups (broad SMARTS) is 1. The second-order valence-electron chi connectivity index (χ2n) is 5.05. The van der Waals surface area contributed by atoms with Crippen molar-refractivity contribution in [3.05, 3.63) is 45.7 Å². The number of carbonyl (C=O) groups excluding carboxylic acids is 1. The van der Waals surface area contributed by atoms with Crippen LogP contribution in [0.4, 0.5) is 11.5 Å². The van der Waals surface area contributed by atoms with Crippen LogP contribution in [-0.2, 0) is 4.79 Å². The number of nitrogen functional groups attached to an aromatic ring is 1. The van der Waals surface area contributed by atoms with Crippen molar-refractivity contribution in [3.63, 3.8) is 0 Å². The van der Waals surface area contributed by atoms with Crippen molar-refractivity contribution >= 4 is 35.1 Å². The number of carbonyl (C=O) groups is 2. The van der Waals surface area contributed by atoms with Crippen molar-refractivity contribution in [1.29, 1.82) is 0 Å². The second-order valence-corrected chi connectivity index (χ2v) is 6.38. The average molecular weight is 348 g/mol. The lowest BCUT2D eigenvalue weighted by molar-refractivity contribution is -0.136. The third kappa shape index (κ3) is 4.13. The van der Waals surface area contributed by atoms with Gasteiger partial charge in [0.05, 0.1) is 0 Å². The van der Waals surface area contributed by atoms with Gasteiger partial charge in [-0.2, -0.15) is 0 Å². The number of amides is 1. The normalized spacial score (nSPS) is 11.8. The van der Waals surface area contributed by atoms with E-state index >= 15 is 0 Å². The number of nitrogens with zero attached hydrogens (tertiary/aromatic N) is 1. The van der Waals surface area contributed by atoms with Gasteiger partial charge in [-0.05, 0) is 26.0 Å². The standard InChI is InChI=1S/C15H16N4O4S/c1-7-3-5-9(6-4-7)12(20)17-10-11(16)18-15(19-13(10)21)24-8(2)14(22)23/h3-6,8H,1-2H3,(H,17,20)(H,22,23)(H3,16,18,19,21)/t8-/m1/s1. The highest BCUT2D eigenvalue weighted by atomic mass is 32.2. The fourth-order valence-corrected chi connectivity index (χ4v) is 2.49. The predicted molar refractivity (Wildman–Crippen MR) is 91.4 cm³/mol. The zero-order valence-corrected chi connectivity index (χ0v) is 13.8. The zero-order chi connectivity index (χ0) is 17.9. The molecule has 0 saturated carbocycles. The Labute approximate surface area is 141 Å². The Balaban J connectivity index is 2.22. The molecule has 0 radical (unpaired) electrons. The molecule has 0 spiro atoms. The largest absolute Gasteiger partial charge is 0.480 e. The summed E-state index contributed by atoms with van der Waals surface area (Å²) in [5.74, 6) is -1.72. The third-order valence-electron chi connectivity index (χ3n) is 3.11. The van der Waals surface area contributed by atoms with Crippen molar-refractivity contribution in [2.75, 3.05) is 11.1 Å². The molecule has 1 amide bonds. The van der Waals surface area contributed by atoms with Crippen LogP contribution in [-0.4, -0.2) is 32.2 Å². The highest BCUT2D eigenvalue weighted by molar-refractivity contribution is 8.00. The SMILES string of the molecule is Cc1ccc(C(=O)Nc2c(N)nc(S[C@H](C)C(=O)O)[nH]c2=O)cc1. The monoisotopic (exact) mass is 348 g/mol. The number of hydrogen-bond donors (Lipinski definition) is 4. The van der Waals surface area contributed by atoms with Crippen LogP contribution in [0.1, 0.15) is 22.8 Å². The van der Waals surface area contributed by atoms with Crippen molar-refractivity contribution in [2.24, 2.45) is 0 Å². The minimum absolute atomic E-state index is 0.0701. The number of hydrogen-bond acceptors (Lipinski definition) is 6.